The van der Waals surface area contributed by atoms with Crippen molar-refractivity contribution in [2.75, 3.05) is 19.6 Å². The lowest BCUT2D eigenvalue weighted by Gasteiger charge is -2.46. The molecule has 1 saturated heterocycles. The number of fused-ring (bicyclic) bond motifs is 1. The Bertz CT molecular complexity index is 753. The van der Waals surface area contributed by atoms with E-state index >= 15 is 0 Å². The van der Waals surface area contributed by atoms with Gasteiger partial charge in [-0.15, -0.1) is 0 Å². The van der Waals surface area contributed by atoms with E-state index in [1.807, 2.05) is 6.92 Å². The van der Waals surface area contributed by atoms with Gasteiger partial charge >= 0.3 is 0 Å². The highest BCUT2D eigenvalue weighted by molar-refractivity contribution is 5.29. The predicted molar refractivity (Wildman–Crippen MR) is 130 cm³/mol. The molecule has 4 nitrogen and oxygen atoms in total. The molecule has 0 amide bonds. The van der Waals surface area contributed by atoms with Crippen molar-refractivity contribution >= 4 is 0 Å². The van der Waals surface area contributed by atoms with Gasteiger partial charge in [0.2, 0.25) is 0 Å². The van der Waals surface area contributed by atoms with Gasteiger partial charge in [-0.05, 0) is 100.0 Å². The van der Waals surface area contributed by atoms with E-state index in [0.717, 1.165) is 44.0 Å². The van der Waals surface area contributed by atoms with Gasteiger partial charge < -0.3 is 20.2 Å². The van der Waals surface area contributed by atoms with Crippen LogP contribution in [0.15, 0.2) is 35.5 Å². The number of likely N-dealkylation sites (tertiary alicyclic amines) is 1. The Morgan fingerprint density at radius 3 is 2.50 bits per heavy atom. The molecule has 3 N–H and O–H groups in total. The highest BCUT2D eigenvalue weighted by atomic mass is 16.3. The molecule has 1 aliphatic heterocycles. The number of hydrogen-bond donors (Lipinski definition) is 3. The molecule has 0 aromatic heterocycles. The number of aliphatic hydroxyl groups is 3. The van der Waals surface area contributed by atoms with E-state index in [2.05, 4.69) is 37.5 Å². The van der Waals surface area contributed by atoms with Gasteiger partial charge in [-0.2, -0.15) is 0 Å². The molecule has 1 heterocycles. The fourth-order valence-corrected chi connectivity index (χ4v) is 7.65. The second kappa shape index (κ2) is 9.37. The number of aliphatic hydroxyl groups excluding tert-OH is 2. The molecule has 0 aromatic carbocycles. The molecule has 3 saturated carbocycles. The van der Waals surface area contributed by atoms with Crippen LogP contribution in [0.2, 0.25) is 0 Å². The monoisotopic (exact) mass is 443 g/mol. The summed E-state index contributed by atoms with van der Waals surface area (Å²) in [6.45, 7) is 13.8. The van der Waals surface area contributed by atoms with Crippen LogP contribution in [0.25, 0.3) is 0 Å². The minimum absolute atomic E-state index is 0.361. The lowest BCUT2D eigenvalue weighted by Crippen LogP contribution is -2.48. The van der Waals surface area contributed by atoms with Crippen molar-refractivity contribution in [2.45, 2.75) is 96.4 Å². The number of hydrogen-bond acceptors (Lipinski definition) is 4. The van der Waals surface area contributed by atoms with Gasteiger partial charge in [0.1, 0.15) is 0 Å². The maximum absolute atomic E-state index is 10.5. The molecule has 32 heavy (non-hydrogen) atoms. The summed E-state index contributed by atoms with van der Waals surface area (Å²) >= 11 is 0. The van der Waals surface area contributed by atoms with Crippen LogP contribution >= 0.6 is 0 Å². The van der Waals surface area contributed by atoms with Crippen molar-refractivity contribution in [1.29, 1.82) is 0 Å². The molecule has 180 valence electrons. The van der Waals surface area contributed by atoms with Crippen LogP contribution in [0.4, 0.5) is 0 Å². The van der Waals surface area contributed by atoms with Gasteiger partial charge in [-0.1, -0.05) is 43.7 Å². The standard InChI is InChI=1S/C28H45NO3/c1-19(17-29-14-6-12-27(3,32)18-29)23-10-11-24-22(7-5-13-28(23,24)4)9-8-21-15-25(30)20(2)26(31)16-21/h8-9,19,23-26,30-32H,2,5-7,10-18H2,1,3-4H3/b22-9+/t19?,23-,24+,25-,26-,27+,28-/m1/s1. The minimum atomic E-state index is -0.618. The molecule has 3 aliphatic carbocycles. The number of allylic oxidation sites excluding steroid dienone is 3. The Labute approximate surface area is 195 Å². The Kier molecular flexibility index (Phi) is 7.08. The Balaban J connectivity index is 1.44. The van der Waals surface area contributed by atoms with Gasteiger partial charge in [0.05, 0.1) is 17.8 Å². The van der Waals surface area contributed by atoms with Gasteiger partial charge in [0, 0.05) is 13.1 Å². The van der Waals surface area contributed by atoms with Crippen LogP contribution in [0, 0.1) is 23.2 Å². The van der Waals surface area contributed by atoms with Crippen molar-refractivity contribution < 1.29 is 15.3 Å². The molecule has 4 rings (SSSR count). The molecule has 7 atom stereocenters. The van der Waals surface area contributed by atoms with E-state index in [-0.39, 0.29) is 0 Å². The van der Waals surface area contributed by atoms with Crippen LogP contribution in [0.5, 0.6) is 0 Å². The maximum Gasteiger partial charge on any atom is 0.0809 e. The van der Waals surface area contributed by atoms with Gasteiger partial charge in [0.25, 0.3) is 0 Å². The maximum atomic E-state index is 10.5. The molecule has 0 spiro atoms. The van der Waals surface area contributed by atoms with Crippen LogP contribution in [0.3, 0.4) is 0 Å². The smallest absolute Gasteiger partial charge is 0.0809 e. The van der Waals surface area contributed by atoms with Crippen molar-refractivity contribution in [3.8, 4) is 0 Å². The molecular weight excluding hydrogens is 398 g/mol. The molecule has 1 unspecified atom stereocenters. The third kappa shape index (κ3) is 4.94. The normalized spacial score (nSPS) is 43.4. The highest BCUT2D eigenvalue weighted by Gasteiger charge is 2.51. The molecule has 4 fully saturated rings. The Hall–Kier alpha value is -0.940. The van der Waals surface area contributed by atoms with Gasteiger partial charge in [-0.25, -0.2) is 0 Å². The first-order valence-corrected chi connectivity index (χ1v) is 13.0. The third-order valence-electron chi connectivity index (χ3n) is 9.33. The fourth-order valence-electron chi connectivity index (χ4n) is 7.65. The summed E-state index contributed by atoms with van der Waals surface area (Å²) < 4.78 is 0. The zero-order valence-electron chi connectivity index (χ0n) is 20.5. The number of piperidine rings is 1. The lowest BCUT2D eigenvalue weighted by molar-refractivity contribution is -0.0262. The zero-order chi connectivity index (χ0) is 23.1. The van der Waals surface area contributed by atoms with E-state index in [1.165, 1.54) is 32.1 Å². The summed E-state index contributed by atoms with van der Waals surface area (Å²) in [7, 11) is 0. The Morgan fingerprint density at radius 2 is 1.81 bits per heavy atom. The summed E-state index contributed by atoms with van der Waals surface area (Å²) in [5, 5.41) is 30.9. The number of rotatable bonds is 4. The summed E-state index contributed by atoms with van der Waals surface area (Å²) in [6, 6.07) is 0. The van der Waals surface area contributed by atoms with Crippen molar-refractivity contribution in [3.05, 3.63) is 35.5 Å². The fraction of sp³-hybridized carbons (Fsp3) is 0.786. The first-order chi connectivity index (χ1) is 15.1. The highest BCUT2D eigenvalue weighted by Crippen LogP contribution is 2.59. The second-order valence-electron chi connectivity index (χ2n) is 12.0. The summed E-state index contributed by atoms with van der Waals surface area (Å²) in [4.78, 5) is 2.50. The quantitative estimate of drug-likeness (QED) is 0.555. The van der Waals surface area contributed by atoms with Crippen LogP contribution in [-0.4, -0.2) is 57.7 Å². The molecule has 0 aromatic rings. The Morgan fingerprint density at radius 1 is 1.09 bits per heavy atom. The largest absolute Gasteiger partial charge is 0.389 e. The van der Waals surface area contributed by atoms with Crippen LogP contribution in [0.1, 0.15) is 78.6 Å². The summed E-state index contributed by atoms with van der Waals surface area (Å²) in [5.74, 6) is 2.03. The number of β-amino-alcohol motifs (C(OH)–C–C–N with tert-alkyl or cyclic N) is 1. The van der Waals surface area contributed by atoms with Crippen molar-refractivity contribution in [1.82, 2.24) is 4.90 Å². The lowest BCUT2D eigenvalue weighted by atomic mass is 9.61. The average molecular weight is 444 g/mol. The third-order valence-corrected chi connectivity index (χ3v) is 9.33. The first-order valence-electron chi connectivity index (χ1n) is 13.0. The number of nitrogens with zero attached hydrogens (tertiary/aromatic N) is 1. The molecule has 4 heteroatoms. The summed E-state index contributed by atoms with van der Waals surface area (Å²) in [6.07, 6.45) is 12.8. The first kappa shape index (κ1) is 24.2. The van der Waals surface area contributed by atoms with Crippen LogP contribution < -0.4 is 0 Å². The van der Waals surface area contributed by atoms with E-state index in [0.29, 0.717) is 35.7 Å². The van der Waals surface area contributed by atoms with E-state index in [4.69, 9.17) is 0 Å². The van der Waals surface area contributed by atoms with Crippen molar-refractivity contribution in [2.24, 2.45) is 23.2 Å². The van der Waals surface area contributed by atoms with E-state index in [1.54, 1.807) is 5.57 Å². The van der Waals surface area contributed by atoms with Crippen LogP contribution in [-0.2, 0) is 0 Å². The van der Waals surface area contributed by atoms with E-state index < -0.39 is 17.8 Å². The average Bonchev–Trinajstić information content (AvgIpc) is 3.07. The van der Waals surface area contributed by atoms with E-state index in [9.17, 15) is 15.3 Å². The van der Waals surface area contributed by atoms with Gasteiger partial charge in [0.15, 0.2) is 0 Å². The van der Waals surface area contributed by atoms with Gasteiger partial charge in [-0.3, -0.25) is 0 Å². The topological polar surface area (TPSA) is 63.9 Å². The molecule has 0 bridgehead atoms. The SMILES string of the molecule is C=C1[C@H](O)CC(=C/C=C2\CCC[C@]3(C)[C@@H](C(C)CN4CCC[C@](C)(O)C4)CC[C@@H]23)C[C@H]1O. The molecular formula is C28H45NO3. The van der Waals surface area contributed by atoms with Crippen molar-refractivity contribution in [3.63, 3.8) is 0 Å². The predicted octanol–water partition coefficient (Wildman–Crippen LogP) is 4.61. The minimum Gasteiger partial charge on any atom is -0.389 e. The second-order valence-corrected chi connectivity index (χ2v) is 12.0. The molecule has 4 aliphatic rings. The zero-order valence-corrected chi connectivity index (χ0v) is 20.5. The summed E-state index contributed by atoms with van der Waals surface area (Å²) in [5.41, 5.74) is 3.11. The molecule has 0 radical (unpaired) electrons.